The highest BCUT2D eigenvalue weighted by molar-refractivity contribution is 6.00. The summed E-state index contributed by atoms with van der Waals surface area (Å²) < 4.78 is 1.68. The normalized spacial score (nSPS) is 19.1. The first-order chi connectivity index (χ1) is 21.3. The van der Waals surface area contributed by atoms with Crippen LogP contribution >= 0.6 is 0 Å². The van der Waals surface area contributed by atoms with Crippen LogP contribution in [0.15, 0.2) is 73.2 Å². The van der Waals surface area contributed by atoms with Crippen molar-refractivity contribution in [3.63, 3.8) is 0 Å². The molecule has 5 N–H and O–H groups in total. The number of anilines is 2. The van der Waals surface area contributed by atoms with Crippen molar-refractivity contribution in [3.05, 3.63) is 84.3 Å². The second kappa shape index (κ2) is 13.0. The molecule has 2 amide bonds. The predicted molar refractivity (Wildman–Crippen MR) is 172 cm³/mol. The van der Waals surface area contributed by atoms with Gasteiger partial charge in [0.05, 0.1) is 17.8 Å². The number of nitrogens with one attached hydrogen (secondary N) is 3. The van der Waals surface area contributed by atoms with Crippen molar-refractivity contribution in [3.8, 4) is 22.3 Å². The van der Waals surface area contributed by atoms with Crippen LogP contribution in [-0.2, 0) is 18.4 Å². The molecule has 4 aromatic rings. The fraction of sp³-hybridized carbons (Fsp3) is 0.333. The van der Waals surface area contributed by atoms with Gasteiger partial charge in [-0.3, -0.25) is 19.2 Å². The number of nitrogens with two attached hydrogens (primary N) is 1. The third-order valence-corrected chi connectivity index (χ3v) is 8.40. The van der Waals surface area contributed by atoms with Crippen LogP contribution in [0.1, 0.15) is 22.3 Å². The summed E-state index contributed by atoms with van der Waals surface area (Å²) in [6, 6.07) is 17.6. The Morgan fingerprint density at radius 3 is 2.50 bits per heavy atom. The van der Waals surface area contributed by atoms with Gasteiger partial charge >= 0.3 is 0 Å². The first-order valence-electron chi connectivity index (χ1n) is 15.0. The second-order valence-corrected chi connectivity index (χ2v) is 11.8. The van der Waals surface area contributed by atoms with Gasteiger partial charge in [-0.1, -0.05) is 36.4 Å². The van der Waals surface area contributed by atoms with E-state index in [1.807, 2.05) is 37.5 Å². The SMILES string of the molecule is CN1CCN(Cc2ccc(-c3cccc(NC(=O)[C@@H]4C[C@@H](NC(=O)c5cc(-c6cnn(C)c6)cnc5N)CN4)c3)cc2)CC1. The number of nitrogen functional groups attached to an aromatic ring is 1. The molecular formula is C33H39N9O2. The van der Waals surface area contributed by atoms with Gasteiger partial charge in [-0.15, -0.1) is 0 Å². The van der Waals surface area contributed by atoms with Crippen molar-refractivity contribution >= 4 is 23.3 Å². The summed E-state index contributed by atoms with van der Waals surface area (Å²) in [7, 11) is 4.00. The Kier molecular flexibility index (Phi) is 8.69. The van der Waals surface area contributed by atoms with Gasteiger partial charge in [-0.2, -0.15) is 5.10 Å². The van der Waals surface area contributed by atoms with E-state index in [0.717, 1.165) is 60.7 Å². The van der Waals surface area contributed by atoms with Crippen molar-refractivity contribution in [1.29, 1.82) is 0 Å². The smallest absolute Gasteiger partial charge is 0.255 e. The molecular weight excluding hydrogens is 554 g/mol. The topological polar surface area (TPSA) is 133 Å². The predicted octanol–water partition coefficient (Wildman–Crippen LogP) is 2.58. The zero-order chi connectivity index (χ0) is 30.6. The molecule has 2 fully saturated rings. The number of likely N-dealkylation sites (N-methyl/N-ethyl adjacent to an activating group) is 1. The van der Waals surface area contributed by atoms with Crippen LogP contribution in [0.3, 0.4) is 0 Å². The van der Waals surface area contributed by atoms with Gasteiger partial charge in [0.25, 0.3) is 5.91 Å². The maximum Gasteiger partial charge on any atom is 0.255 e. The number of carbonyl (C=O) groups is 2. The lowest BCUT2D eigenvalue weighted by Gasteiger charge is -2.32. The zero-order valence-electron chi connectivity index (χ0n) is 25.2. The van der Waals surface area contributed by atoms with Gasteiger partial charge in [0.1, 0.15) is 5.82 Å². The van der Waals surface area contributed by atoms with Gasteiger partial charge in [0.15, 0.2) is 0 Å². The molecule has 0 bridgehead atoms. The Bertz CT molecular complexity index is 1630. The van der Waals surface area contributed by atoms with Gasteiger partial charge in [-0.05, 0) is 48.4 Å². The standard InChI is InChI=1S/C33H39N9O2/c1-40-10-12-42(13-11-40)20-22-6-8-23(9-7-22)24-4-3-5-27(14-24)38-33(44)30-16-28(19-35-30)39-32(43)29-15-25(17-36-31(29)34)26-18-37-41(2)21-26/h3-9,14-15,17-18,21,28,30,35H,10-13,16,19-20H2,1-2H3,(H2,34,36)(H,38,44)(H,39,43)/t28-,30+/m1/s1. The minimum absolute atomic E-state index is 0.138. The molecule has 2 atom stereocenters. The van der Waals surface area contributed by atoms with Crippen LogP contribution in [0.25, 0.3) is 22.3 Å². The molecule has 0 aliphatic carbocycles. The lowest BCUT2D eigenvalue weighted by atomic mass is 10.0. The van der Waals surface area contributed by atoms with Crippen molar-refractivity contribution in [2.75, 3.05) is 50.8 Å². The van der Waals surface area contributed by atoms with Crippen LogP contribution in [0.4, 0.5) is 11.5 Å². The molecule has 0 spiro atoms. The molecule has 0 unspecified atom stereocenters. The fourth-order valence-electron chi connectivity index (χ4n) is 5.77. The van der Waals surface area contributed by atoms with E-state index in [-0.39, 0.29) is 23.7 Å². The molecule has 44 heavy (non-hydrogen) atoms. The van der Waals surface area contributed by atoms with Gasteiger partial charge in [0, 0.05) is 81.6 Å². The summed E-state index contributed by atoms with van der Waals surface area (Å²) >= 11 is 0. The minimum atomic E-state index is -0.435. The number of aromatic nitrogens is 3. The van der Waals surface area contributed by atoms with Crippen LogP contribution in [-0.4, -0.2) is 88.2 Å². The van der Waals surface area contributed by atoms with Gasteiger partial charge in [-0.25, -0.2) is 4.98 Å². The summed E-state index contributed by atoms with van der Waals surface area (Å²) in [5.74, 6) is -0.308. The number of pyridine rings is 1. The number of nitrogens with zero attached hydrogens (tertiary/aromatic N) is 5. The number of hydrogen-bond acceptors (Lipinski definition) is 8. The van der Waals surface area contributed by atoms with Crippen molar-refractivity contribution < 1.29 is 9.59 Å². The van der Waals surface area contributed by atoms with E-state index in [2.05, 4.69) is 67.1 Å². The Morgan fingerprint density at radius 2 is 1.75 bits per heavy atom. The Balaban J connectivity index is 1.03. The van der Waals surface area contributed by atoms with Crippen molar-refractivity contribution in [1.82, 2.24) is 35.2 Å². The molecule has 228 valence electrons. The molecule has 2 aliphatic heterocycles. The monoisotopic (exact) mass is 593 g/mol. The van der Waals surface area contributed by atoms with E-state index in [4.69, 9.17) is 5.73 Å². The molecule has 6 rings (SSSR count). The molecule has 0 saturated carbocycles. The molecule has 2 aromatic heterocycles. The van der Waals surface area contributed by atoms with Crippen molar-refractivity contribution in [2.45, 2.75) is 25.0 Å². The number of rotatable bonds is 8. The molecule has 2 saturated heterocycles. The molecule has 11 nitrogen and oxygen atoms in total. The summed E-state index contributed by atoms with van der Waals surface area (Å²) in [6.45, 7) is 5.83. The number of amides is 2. The second-order valence-electron chi connectivity index (χ2n) is 11.8. The summed E-state index contributed by atoms with van der Waals surface area (Å²) in [5, 5.41) is 13.5. The number of carbonyl (C=O) groups excluding carboxylic acids is 2. The lowest BCUT2D eigenvalue weighted by Crippen LogP contribution is -2.43. The zero-order valence-corrected chi connectivity index (χ0v) is 25.2. The maximum atomic E-state index is 13.1. The van der Waals surface area contributed by atoms with Gasteiger partial charge < -0.3 is 26.6 Å². The van der Waals surface area contributed by atoms with Gasteiger partial charge in [0.2, 0.25) is 5.91 Å². The fourth-order valence-corrected chi connectivity index (χ4v) is 5.77. The maximum absolute atomic E-state index is 13.1. The number of benzene rings is 2. The molecule has 0 radical (unpaired) electrons. The van der Waals surface area contributed by atoms with E-state index < -0.39 is 6.04 Å². The third kappa shape index (κ3) is 6.96. The third-order valence-electron chi connectivity index (χ3n) is 8.40. The van der Waals surface area contributed by atoms with Crippen LogP contribution < -0.4 is 21.7 Å². The highest BCUT2D eigenvalue weighted by Gasteiger charge is 2.31. The van der Waals surface area contributed by atoms with E-state index in [1.54, 1.807) is 23.1 Å². The summed E-state index contributed by atoms with van der Waals surface area (Å²) in [6.07, 6.45) is 5.64. The number of aryl methyl sites for hydroxylation is 1. The highest BCUT2D eigenvalue weighted by atomic mass is 16.2. The number of hydrogen-bond donors (Lipinski definition) is 4. The molecule has 2 aromatic carbocycles. The van der Waals surface area contributed by atoms with Crippen LogP contribution in [0, 0.1) is 0 Å². The average molecular weight is 594 g/mol. The number of piperazine rings is 1. The summed E-state index contributed by atoms with van der Waals surface area (Å²) in [5.41, 5.74) is 12.1. The highest BCUT2D eigenvalue weighted by Crippen LogP contribution is 2.25. The molecule has 11 heteroatoms. The lowest BCUT2D eigenvalue weighted by molar-refractivity contribution is -0.117. The minimum Gasteiger partial charge on any atom is -0.383 e. The van der Waals surface area contributed by atoms with Crippen molar-refractivity contribution in [2.24, 2.45) is 7.05 Å². The Labute approximate surface area is 257 Å². The van der Waals surface area contributed by atoms with E-state index >= 15 is 0 Å². The Morgan fingerprint density at radius 1 is 0.955 bits per heavy atom. The quantitative estimate of drug-likeness (QED) is 0.245. The summed E-state index contributed by atoms with van der Waals surface area (Å²) in [4.78, 5) is 35.3. The first kappa shape index (κ1) is 29.5. The molecule has 4 heterocycles. The Hall–Kier alpha value is -4.58. The van der Waals surface area contributed by atoms with E-state index in [9.17, 15) is 9.59 Å². The molecule has 2 aliphatic rings. The van der Waals surface area contributed by atoms with Crippen LogP contribution in [0.5, 0.6) is 0 Å². The van der Waals surface area contributed by atoms with Crippen LogP contribution in [0.2, 0.25) is 0 Å². The largest absolute Gasteiger partial charge is 0.383 e. The average Bonchev–Trinajstić information content (AvgIpc) is 3.68. The van der Waals surface area contributed by atoms with E-state index in [1.165, 1.54) is 5.56 Å². The first-order valence-corrected chi connectivity index (χ1v) is 15.0. The van der Waals surface area contributed by atoms with E-state index in [0.29, 0.717) is 18.5 Å².